The van der Waals surface area contributed by atoms with E-state index in [1.54, 1.807) is 10.9 Å². The Labute approximate surface area is 129 Å². The van der Waals surface area contributed by atoms with Gasteiger partial charge in [-0.05, 0) is 32.0 Å². The fourth-order valence-corrected chi connectivity index (χ4v) is 2.32. The van der Waals surface area contributed by atoms with Crippen LogP contribution in [-0.2, 0) is 6.54 Å². The van der Waals surface area contributed by atoms with Crippen molar-refractivity contribution >= 4 is 17.3 Å². The van der Waals surface area contributed by atoms with Crippen LogP contribution in [0.3, 0.4) is 0 Å². The average molecular weight is 310 g/mol. The van der Waals surface area contributed by atoms with Crippen LogP contribution in [0.5, 0.6) is 5.75 Å². The summed E-state index contributed by atoms with van der Waals surface area (Å²) >= 11 is 6.08. The van der Waals surface area contributed by atoms with Crippen molar-refractivity contribution < 1.29 is 9.84 Å². The second-order valence-electron chi connectivity index (χ2n) is 4.70. The third-order valence-corrected chi connectivity index (χ3v) is 3.32. The van der Waals surface area contributed by atoms with E-state index >= 15 is 0 Å². The predicted octanol–water partition coefficient (Wildman–Crippen LogP) is 3.10. The number of hydrogen-bond acceptors (Lipinski definition) is 4. The number of anilines is 1. The lowest BCUT2D eigenvalue weighted by Crippen LogP contribution is -2.09. The molecule has 1 aromatic heterocycles. The molecule has 1 aromatic carbocycles. The molecular weight excluding hydrogens is 290 g/mol. The van der Waals surface area contributed by atoms with Gasteiger partial charge in [-0.2, -0.15) is 5.10 Å². The van der Waals surface area contributed by atoms with Crippen LogP contribution in [0, 0.1) is 0 Å². The summed E-state index contributed by atoms with van der Waals surface area (Å²) < 4.78 is 7.33. The first kappa shape index (κ1) is 15.7. The molecule has 1 heterocycles. The Kier molecular flexibility index (Phi) is 5.47. The molecule has 0 bridgehead atoms. The highest BCUT2D eigenvalue weighted by molar-refractivity contribution is 6.30. The number of ether oxygens (including phenoxy) is 1. The highest BCUT2D eigenvalue weighted by Gasteiger charge is 2.13. The van der Waals surface area contributed by atoms with Gasteiger partial charge in [0.1, 0.15) is 5.75 Å². The number of halogens is 1. The van der Waals surface area contributed by atoms with Crippen molar-refractivity contribution in [1.82, 2.24) is 9.78 Å². The Bertz CT molecular complexity index is 586. The third-order valence-electron chi connectivity index (χ3n) is 3.08. The Morgan fingerprint density at radius 3 is 3.00 bits per heavy atom. The molecule has 1 atom stereocenters. The summed E-state index contributed by atoms with van der Waals surface area (Å²) in [6.45, 7) is 5.15. The molecule has 21 heavy (non-hydrogen) atoms. The number of aliphatic hydroxyl groups is 1. The van der Waals surface area contributed by atoms with Gasteiger partial charge in [0.25, 0.3) is 0 Å². The molecule has 6 heteroatoms. The minimum Gasteiger partial charge on any atom is -0.494 e. The van der Waals surface area contributed by atoms with E-state index in [0.29, 0.717) is 18.2 Å². The molecule has 1 unspecified atom stereocenters. The smallest absolute Gasteiger partial charge is 0.124 e. The normalized spacial score (nSPS) is 12.2. The van der Waals surface area contributed by atoms with Gasteiger partial charge in [-0.1, -0.05) is 11.6 Å². The minimum atomic E-state index is 0.0250. The molecule has 2 aromatic rings. The zero-order valence-corrected chi connectivity index (χ0v) is 13.0. The Morgan fingerprint density at radius 2 is 2.29 bits per heavy atom. The highest BCUT2D eigenvalue weighted by atomic mass is 35.5. The topological polar surface area (TPSA) is 59.3 Å². The number of nitrogens with zero attached hydrogens (tertiary/aromatic N) is 2. The zero-order chi connectivity index (χ0) is 15.2. The van der Waals surface area contributed by atoms with Crippen LogP contribution in [0.15, 0.2) is 30.6 Å². The second-order valence-corrected chi connectivity index (χ2v) is 5.13. The summed E-state index contributed by atoms with van der Waals surface area (Å²) in [6.07, 6.45) is 3.59. The van der Waals surface area contributed by atoms with Gasteiger partial charge < -0.3 is 15.2 Å². The second kappa shape index (κ2) is 7.33. The van der Waals surface area contributed by atoms with E-state index in [4.69, 9.17) is 21.4 Å². The Hall–Kier alpha value is -1.72. The van der Waals surface area contributed by atoms with E-state index in [2.05, 4.69) is 10.4 Å². The third kappa shape index (κ3) is 4.12. The molecule has 2 rings (SSSR count). The minimum absolute atomic E-state index is 0.0250. The first-order valence-electron chi connectivity index (χ1n) is 6.96. The van der Waals surface area contributed by atoms with Crippen LogP contribution in [0.2, 0.25) is 5.02 Å². The molecule has 0 saturated heterocycles. The van der Waals surface area contributed by atoms with Gasteiger partial charge in [-0.15, -0.1) is 0 Å². The van der Waals surface area contributed by atoms with Gasteiger partial charge in [0.05, 0.1) is 37.7 Å². The SMILES string of the molecule is CCOc1ccc(Cl)cc1C(C)Nc1cnn(CCO)c1. The van der Waals surface area contributed by atoms with E-state index in [1.807, 2.05) is 38.2 Å². The fraction of sp³-hybridized carbons (Fsp3) is 0.400. The first-order valence-corrected chi connectivity index (χ1v) is 7.34. The molecule has 0 fully saturated rings. The molecule has 114 valence electrons. The van der Waals surface area contributed by atoms with Crippen molar-refractivity contribution in [2.45, 2.75) is 26.4 Å². The molecule has 0 amide bonds. The number of rotatable bonds is 7. The Balaban J connectivity index is 2.14. The van der Waals surface area contributed by atoms with E-state index in [0.717, 1.165) is 17.0 Å². The zero-order valence-electron chi connectivity index (χ0n) is 12.2. The number of hydrogen-bond donors (Lipinski definition) is 2. The maximum atomic E-state index is 8.90. The average Bonchev–Trinajstić information content (AvgIpc) is 2.88. The Morgan fingerprint density at radius 1 is 1.48 bits per heavy atom. The van der Waals surface area contributed by atoms with Gasteiger partial charge in [-0.3, -0.25) is 4.68 Å². The van der Waals surface area contributed by atoms with Crippen molar-refractivity contribution in [2.75, 3.05) is 18.5 Å². The maximum absolute atomic E-state index is 8.90. The van der Waals surface area contributed by atoms with Crippen molar-refractivity contribution in [3.05, 3.63) is 41.2 Å². The molecule has 0 aliphatic carbocycles. The lowest BCUT2D eigenvalue weighted by molar-refractivity contribution is 0.269. The lowest BCUT2D eigenvalue weighted by Gasteiger charge is -2.18. The number of aliphatic hydroxyl groups excluding tert-OH is 1. The molecule has 0 saturated carbocycles. The van der Waals surface area contributed by atoms with Crippen molar-refractivity contribution in [3.8, 4) is 5.75 Å². The van der Waals surface area contributed by atoms with Gasteiger partial charge in [0.2, 0.25) is 0 Å². The number of nitrogens with one attached hydrogen (secondary N) is 1. The van der Waals surface area contributed by atoms with Crippen molar-refractivity contribution in [2.24, 2.45) is 0 Å². The summed E-state index contributed by atoms with van der Waals surface area (Å²) in [5.74, 6) is 0.824. The van der Waals surface area contributed by atoms with Crippen LogP contribution >= 0.6 is 11.6 Å². The van der Waals surface area contributed by atoms with Crippen molar-refractivity contribution in [1.29, 1.82) is 0 Å². The summed E-state index contributed by atoms with van der Waals surface area (Å²) in [7, 11) is 0. The van der Waals surface area contributed by atoms with Crippen LogP contribution in [0.4, 0.5) is 5.69 Å². The lowest BCUT2D eigenvalue weighted by atomic mass is 10.1. The molecule has 5 nitrogen and oxygen atoms in total. The summed E-state index contributed by atoms with van der Waals surface area (Å²) in [6, 6.07) is 5.64. The first-order chi connectivity index (χ1) is 10.1. The van der Waals surface area contributed by atoms with Crippen LogP contribution in [0.25, 0.3) is 0 Å². The van der Waals surface area contributed by atoms with E-state index in [9.17, 15) is 0 Å². The summed E-state index contributed by atoms with van der Waals surface area (Å²) in [5, 5.41) is 17.1. The standard InChI is InChI=1S/C15H20ClN3O2/c1-3-21-15-5-4-12(16)8-14(15)11(2)18-13-9-17-19(10-13)6-7-20/h4-5,8-11,18,20H,3,6-7H2,1-2H3. The predicted molar refractivity (Wildman–Crippen MR) is 84.0 cm³/mol. The van der Waals surface area contributed by atoms with Crippen LogP contribution in [-0.4, -0.2) is 28.1 Å². The molecular formula is C15H20ClN3O2. The van der Waals surface area contributed by atoms with Crippen LogP contribution in [0.1, 0.15) is 25.5 Å². The highest BCUT2D eigenvalue weighted by Crippen LogP contribution is 2.30. The van der Waals surface area contributed by atoms with E-state index in [-0.39, 0.29) is 12.6 Å². The van der Waals surface area contributed by atoms with Gasteiger partial charge in [-0.25, -0.2) is 0 Å². The largest absolute Gasteiger partial charge is 0.494 e. The van der Waals surface area contributed by atoms with E-state index < -0.39 is 0 Å². The van der Waals surface area contributed by atoms with Gasteiger partial charge >= 0.3 is 0 Å². The van der Waals surface area contributed by atoms with Crippen molar-refractivity contribution in [3.63, 3.8) is 0 Å². The summed E-state index contributed by atoms with van der Waals surface area (Å²) in [4.78, 5) is 0. The quantitative estimate of drug-likeness (QED) is 0.825. The number of aromatic nitrogens is 2. The molecule has 0 radical (unpaired) electrons. The fourth-order valence-electron chi connectivity index (χ4n) is 2.14. The molecule has 0 spiro atoms. The molecule has 0 aliphatic heterocycles. The number of benzene rings is 1. The molecule has 2 N–H and O–H groups in total. The molecule has 0 aliphatic rings. The maximum Gasteiger partial charge on any atom is 0.124 e. The summed E-state index contributed by atoms with van der Waals surface area (Å²) in [5.41, 5.74) is 1.89. The van der Waals surface area contributed by atoms with Gasteiger partial charge in [0.15, 0.2) is 0 Å². The van der Waals surface area contributed by atoms with Gasteiger partial charge in [0, 0.05) is 16.8 Å². The van der Waals surface area contributed by atoms with E-state index in [1.165, 1.54) is 0 Å². The monoisotopic (exact) mass is 309 g/mol. The van der Waals surface area contributed by atoms with Crippen LogP contribution < -0.4 is 10.1 Å².